The maximum absolute atomic E-state index is 12.0. The maximum Gasteiger partial charge on any atom is 0.401 e. The molecular formula is C15H22F3N5O. The normalized spacial score (nSPS) is 16.2. The van der Waals surface area contributed by atoms with Gasteiger partial charge in [0.1, 0.15) is 0 Å². The first-order chi connectivity index (χ1) is 11.4. The third-order valence-corrected chi connectivity index (χ3v) is 4.13. The van der Waals surface area contributed by atoms with Crippen molar-refractivity contribution in [3.8, 4) is 0 Å². The summed E-state index contributed by atoms with van der Waals surface area (Å²) in [5.74, 6) is 0.684. The Morgan fingerprint density at radius 3 is 2.71 bits per heavy atom. The first-order valence-electron chi connectivity index (χ1n) is 7.92. The van der Waals surface area contributed by atoms with E-state index in [4.69, 9.17) is 0 Å². The molecule has 6 nitrogen and oxygen atoms in total. The van der Waals surface area contributed by atoms with Gasteiger partial charge in [0.25, 0.3) is 0 Å². The molecule has 1 N–H and O–H groups in total. The fourth-order valence-electron chi connectivity index (χ4n) is 2.75. The molecule has 0 spiro atoms. The third kappa shape index (κ3) is 5.63. The van der Waals surface area contributed by atoms with Gasteiger partial charge in [-0.25, -0.2) is 0 Å². The van der Waals surface area contributed by atoms with E-state index >= 15 is 0 Å². The van der Waals surface area contributed by atoms with Crippen LogP contribution < -0.4 is 10.2 Å². The van der Waals surface area contributed by atoms with Crippen molar-refractivity contribution in [2.45, 2.75) is 31.5 Å². The van der Waals surface area contributed by atoms with E-state index in [-0.39, 0.29) is 24.9 Å². The fraction of sp³-hybridized carbons (Fsp3) is 0.667. The van der Waals surface area contributed by atoms with Gasteiger partial charge in [-0.15, -0.1) is 5.10 Å². The van der Waals surface area contributed by atoms with Crippen LogP contribution in [0.1, 0.15) is 19.3 Å². The SMILES string of the molecule is CN(c1cccnn1)C1CCN(C(=O)CCNCC(F)(F)F)CC1. The van der Waals surface area contributed by atoms with Crippen molar-refractivity contribution >= 4 is 11.7 Å². The summed E-state index contributed by atoms with van der Waals surface area (Å²) in [7, 11) is 1.95. The monoisotopic (exact) mass is 345 g/mol. The van der Waals surface area contributed by atoms with Gasteiger partial charge in [-0.3, -0.25) is 4.79 Å². The van der Waals surface area contributed by atoms with Crippen LogP contribution in [-0.4, -0.2) is 66.4 Å². The average molecular weight is 345 g/mol. The van der Waals surface area contributed by atoms with Crippen LogP contribution in [0.2, 0.25) is 0 Å². The summed E-state index contributed by atoms with van der Waals surface area (Å²) in [5.41, 5.74) is 0. The molecule has 0 saturated carbocycles. The molecule has 1 aromatic rings. The molecule has 134 valence electrons. The van der Waals surface area contributed by atoms with Gasteiger partial charge >= 0.3 is 6.18 Å². The van der Waals surface area contributed by atoms with Gasteiger partial charge in [-0.2, -0.15) is 18.3 Å². The van der Waals surface area contributed by atoms with Crippen LogP contribution in [0, 0.1) is 0 Å². The second kappa shape index (κ2) is 8.27. The lowest BCUT2D eigenvalue weighted by atomic mass is 10.0. The van der Waals surface area contributed by atoms with Gasteiger partial charge in [-0.05, 0) is 25.0 Å². The molecule has 0 unspecified atom stereocenters. The Labute approximate surface area is 139 Å². The molecule has 0 aromatic carbocycles. The van der Waals surface area contributed by atoms with Gasteiger partial charge in [0.15, 0.2) is 5.82 Å². The predicted molar refractivity (Wildman–Crippen MR) is 83.6 cm³/mol. The number of rotatable bonds is 6. The fourth-order valence-corrected chi connectivity index (χ4v) is 2.75. The predicted octanol–water partition coefficient (Wildman–Crippen LogP) is 1.45. The molecule has 1 aliphatic rings. The standard InChI is InChI=1S/C15H22F3N5O/c1-22(13-3-2-7-20-21-13)12-5-9-23(10-6-12)14(24)4-8-19-11-15(16,17)18/h2-3,7,12,19H,4-6,8-11H2,1H3. The van der Waals surface area contributed by atoms with E-state index in [0.717, 1.165) is 18.7 Å². The number of nitrogens with one attached hydrogen (secondary N) is 1. The van der Waals surface area contributed by atoms with E-state index in [9.17, 15) is 18.0 Å². The van der Waals surface area contributed by atoms with Crippen LogP contribution >= 0.6 is 0 Å². The molecule has 1 amide bonds. The van der Waals surface area contributed by atoms with Crippen LogP contribution in [0.3, 0.4) is 0 Å². The zero-order chi connectivity index (χ0) is 17.6. The van der Waals surface area contributed by atoms with E-state index in [1.54, 1.807) is 11.1 Å². The van der Waals surface area contributed by atoms with Crippen LogP contribution in [0.5, 0.6) is 0 Å². The number of amides is 1. The lowest BCUT2D eigenvalue weighted by Gasteiger charge is -2.37. The van der Waals surface area contributed by atoms with Gasteiger partial charge in [0.2, 0.25) is 5.91 Å². The zero-order valence-electron chi connectivity index (χ0n) is 13.6. The topological polar surface area (TPSA) is 61.4 Å². The Morgan fingerprint density at radius 1 is 1.42 bits per heavy atom. The molecule has 1 aromatic heterocycles. The average Bonchev–Trinajstić information content (AvgIpc) is 2.58. The van der Waals surface area contributed by atoms with Gasteiger partial charge in [0.05, 0.1) is 6.54 Å². The van der Waals surface area contributed by atoms with Crippen molar-refractivity contribution in [3.63, 3.8) is 0 Å². The highest BCUT2D eigenvalue weighted by Crippen LogP contribution is 2.20. The smallest absolute Gasteiger partial charge is 0.355 e. The number of nitrogens with zero attached hydrogens (tertiary/aromatic N) is 4. The van der Waals surface area contributed by atoms with Crippen molar-refractivity contribution in [1.82, 2.24) is 20.4 Å². The first-order valence-corrected chi connectivity index (χ1v) is 7.92. The number of anilines is 1. The molecule has 0 radical (unpaired) electrons. The molecule has 2 heterocycles. The Balaban J connectivity index is 1.71. The molecule has 1 saturated heterocycles. The first kappa shape index (κ1) is 18.4. The van der Waals surface area contributed by atoms with Crippen molar-refractivity contribution in [1.29, 1.82) is 0 Å². The summed E-state index contributed by atoms with van der Waals surface area (Å²) in [4.78, 5) is 15.8. The molecule has 1 aliphatic heterocycles. The largest absolute Gasteiger partial charge is 0.401 e. The van der Waals surface area contributed by atoms with Crippen LogP contribution in [0.15, 0.2) is 18.3 Å². The second-order valence-corrected chi connectivity index (χ2v) is 5.85. The van der Waals surface area contributed by atoms with Crippen molar-refractivity contribution in [3.05, 3.63) is 18.3 Å². The summed E-state index contributed by atoms with van der Waals surface area (Å²) >= 11 is 0. The number of piperidine rings is 1. The Kier molecular flexibility index (Phi) is 6.36. The summed E-state index contributed by atoms with van der Waals surface area (Å²) in [5, 5.41) is 10.2. The minimum absolute atomic E-state index is 0.0395. The maximum atomic E-state index is 12.0. The summed E-state index contributed by atoms with van der Waals surface area (Å²) < 4.78 is 36.1. The van der Waals surface area contributed by atoms with Crippen LogP contribution in [0.25, 0.3) is 0 Å². The third-order valence-electron chi connectivity index (χ3n) is 4.13. The minimum atomic E-state index is -4.24. The number of hydrogen-bond acceptors (Lipinski definition) is 5. The van der Waals surface area contributed by atoms with E-state index in [1.807, 2.05) is 19.2 Å². The molecule has 0 aliphatic carbocycles. The summed E-state index contributed by atoms with van der Waals surface area (Å²) in [6.07, 6.45) is -0.942. The van der Waals surface area contributed by atoms with E-state index in [0.29, 0.717) is 13.1 Å². The Hall–Kier alpha value is -1.90. The number of carbonyl (C=O) groups excluding carboxylic acids is 1. The quantitative estimate of drug-likeness (QED) is 0.791. The Bertz CT molecular complexity index is 518. The highest BCUT2D eigenvalue weighted by atomic mass is 19.4. The molecule has 2 rings (SSSR count). The molecule has 9 heteroatoms. The minimum Gasteiger partial charge on any atom is -0.355 e. The number of aromatic nitrogens is 2. The van der Waals surface area contributed by atoms with Gasteiger partial charge in [-0.1, -0.05) is 0 Å². The van der Waals surface area contributed by atoms with Gasteiger partial charge in [0, 0.05) is 45.3 Å². The highest BCUT2D eigenvalue weighted by Gasteiger charge is 2.27. The second-order valence-electron chi connectivity index (χ2n) is 5.85. The van der Waals surface area contributed by atoms with Crippen molar-refractivity contribution in [2.24, 2.45) is 0 Å². The van der Waals surface area contributed by atoms with Crippen molar-refractivity contribution in [2.75, 3.05) is 38.1 Å². The molecule has 24 heavy (non-hydrogen) atoms. The molecule has 1 fully saturated rings. The van der Waals surface area contributed by atoms with Crippen LogP contribution in [0.4, 0.5) is 19.0 Å². The molecule has 0 bridgehead atoms. The molecule has 0 atom stereocenters. The summed E-state index contributed by atoms with van der Waals surface area (Å²) in [6.45, 7) is 0.184. The zero-order valence-corrected chi connectivity index (χ0v) is 13.6. The Morgan fingerprint density at radius 2 is 2.12 bits per heavy atom. The molecular weight excluding hydrogens is 323 g/mol. The number of halogens is 3. The van der Waals surface area contributed by atoms with Gasteiger partial charge < -0.3 is 15.1 Å². The highest BCUT2D eigenvalue weighted by molar-refractivity contribution is 5.76. The number of alkyl halides is 3. The lowest BCUT2D eigenvalue weighted by molar-refractivity contribution is -0.133. The number of hydrogen-bond donors (Lipinski definition) is 1. The van der Waals surface area contributed by atoms with E-state index < -0.39 is 12.7 Å². The van der Waals surface area contributed by atoms with Crippen molar-refractivity contribution < 1.29 is 18.0 Å². The lowest BCUT2D eigenvalue weighted by Crippen LogP contribution is -2.46. The number of likely N-dealkylation sites (tertiary alicyclic amines) is 1. The van der Waals surface area contributed by atoms with Crippen LogP contribution in [-0.2, 0) is 4.79 Å². The summed E-state index contributed by atoms with van der Waals surface area (Å²) in [6, 6.07) is 3.98. The number of carbonyl (C=O) groups is 1. The van der Waals surface area contributed by atoms with E-state index in [1.165, 1.54) is 0 Å². The van der Waals surface area contributed by atoms with E-state index in [2.05, 4.69) is 20.4 Å².